The molecule has 2 aromatic heterocycles. The first-order valence-corrected chi connectivity index (χ1v) is 8.14. The third-order valence-electron chi connectivity index (χ3n) is 3.40. The monoisotopic (exact) mass is 356 g/mol. The van der Waals surface area contributed by atoms with Crippen molar-refractivity contribution in [2.75, 3.05) is 17.2 Å². The zero-order chi connectivity index (χ0) is 18.5. The number of anilines is 3. The van der Waals surface area contributed by atoms with Crippen molar-refractivity contribution in [2.24, 2.45) is 5.92 Å². The zero-order valence-electron chi connectivity index (χ0n) is 14.4. The Morgan fingerprint density at radius 1 is 1.00 bits per heavy atom. The molecule has 8 heteroatoms. The van der Waals surface area contributed by atoms with E-state index in [1.54, 1.807) is 24.3 Å². The van der Waals surface area contributed by atoms with E-state index >= 15 is 0 Å². The van der Waals surface area contributed by atoms with Crippen molar-refractivity contribution >= 4 is 17.6 Å². The number of halogens is 2. The summed E-state index contributed by atoms with van der Waals surface area (Å²) in [5, 5.41) is 6.00. The van der Waals surface area contributed by atoms with E-state index < -0.39 is 11.8 Å². The van der Waals surface area contributed by atoms with Gasteiger partial charge in [-0.15, -0.1) is 0 Å². The van der Waals surface area contributed by atoms with E-state index in [4.69, 9.17) is 0 Å². The summed E-state index contributed by atoms with van der Waals surface area (Å²) in [5.74, 6) is -0.0270. The van der Waals surface area contributed by atoms with Crippen molar-refractivity contribution in [1.82, 2.24) is 19.9 Å². The fourth-order valence-corrected chi connectivity index (χ4v) is 2.18. The highest BCUT2D eigenvalue weighted by Gasteiger charge is 2.13. The normalized spacial score (nSPS) is 10.8. The first-order valence-electron chi connectivity index (χ1n) is 8.14. The number of rotatable bonds is 6. The van der Waals surface area contributed by atoms with Crippen molar-refractivity contribution in [2.45, 2.75) is 13.8 Å². The molecule has 26 heavy (non-hydrogen) atoms. The largest absolute Gasteiger partial charge is 0.354 e. The van der Waals surface area contributed by atoms with E-state index in [0.29, 0.717) is 24.1 Å². The van der Waals surface area contributed by atoms with Crippen LogP contribution in [0.1, 0.15) is 13.8 Å². The number of hydrogen-bond acceptors (Lipinski definition) is 6. The summed E-state index contributed by atoms with van der Waals surface area (Å²) in [7, 11) is 0. The van der Waals surface area contributed by atoms with Gasteiger partial charge in [-0.3, -0.25) is 0 Å². The average molecular weight is 356 g/mol. The predicted octanol–water partition coefficient (Wildman–Crippen LogP) is 4.02. The molecule has 0 saturated carbocycles. The van der Waals surface area contributed by atoms with Gasteiger partial charge in [-0.2, -0.15) is 19.3 Å². The molecule has 6 nitrogen and oxygen atoms in total. The molecule has 0 aliphatic heterocycles. The third-order valence-corrected chi connectivity index (χ3v) is 3.40. The SMILES string of the molecule is CC(C)CNc1nc(Nc2ccnc(F)c2)nc(-c2ccccc2F)n1. The molecule has 0 radical (unpaired) electrons. The van der Waals surface area contributed by atoms with Crippen LogP contribution in [0, 0.1) is 17.7 Å². The summed E-state index contributed by atoms with van der Waals surface area (Å²) in [6, 6.07) is 9.02. The van der Waals surface area contributed by atoms with Gasteiger partial charge < -0.3 is 10.6 Å². The maximum Gasteiger partial charge on any atom is 0.232 e. The maximum absolute atomic E-state index is 14.1. The molecular weight excluding hydrogens is 338 g/mol. The van der Waals surface area contributed by atoms with Gasteiger partial charge in [-0.25, -0.2) is 9.37 Å². The van der Waals surface area contributed by atoms with Crippen LogP contribution in [0.3, 0.4) is 0 Å². The van der Waals surface area contributed by atoms with Crippen LogP contribution in [0.2, 0.25) is 0 Å². The topological polar surface area (TPSA) is 75.6 Å². The predicted molar refractivity (Wildman–Crippen MR) is 96.0 cm³/mol. The number of nitrogens with one attached hydrogen (secondary N) is 2. The second kappa shape index (κ2) is 7.81. The van der Waals surface area contributed by atoms with Gasteiger partial charge in [0.1, 0.15) is 5.82 Å². The smallest absolute Gasteiger partial charge is 0.232 e. The molecule has 0 atom stereocenters. The minimum absolute atomic E-state index is 0.176. The molecule has 134 valence electrons. The summed E-state index contributed by atoms with van der Waals surface area (Å²) in [6.45, 7) is 4.74. The molecule has 2 N–H and O–H groups in total. The number of aromatic nitrogens is 4. The molecule has 0 aliphatic carbocycles. The summed E-state index contributed by atoms with van der Waals surface area (Å²) < 4.78 is 27.4. The van der Waals surface area contributed by atoms with Crippen molar-refractivity contribution in [3.63, 3.8) is 0 Å². The van der Waals surface area contributed by atoms with Crippen LogP contribution >= 0.6 is 0 Å². The molecule has 2 heterocycles. The van der Waals surface area contributed by atoms with Crippen molar-refractivity contribution in [3.8, 4) is 11.4 Å². The van der Waals surface area contributed by atoms with Gasteiger partial charge in [0.2, 0.25) is 17.8 Å². The van der Waals surface area contributed by atoms with E-state index in [1.165, 1.54) is 18.3 Å². The first kappa shape index (κ1) is 17.7. The lowest BCUT2D eigenvalue weighted by Crippen LogP contribution is -2.13. The Balaban J connectivity index is 1.98. The van der Waals surface area contributed by atoms with Crippen LogP contribution < -0.4 is 10.6 Å². The minimum Gasteiger partial charge on any atom is -0.354 e. The first-order chi connectivity index (χ1) is 12.5. The molecule has 0 fully saturated rings. The standard InChI is InChI=1S/C18H18F2N6/c1-11(2)10-22-17-24-16(13-5-3-4-6-14(13)19)25-18(26-17)23-12-7-8-21-15(20)9-12/h3-9,11H,10H2,1-2H3,(H2,21,22,23,24,25,26). The van der Waals surface area contributed by atoms with Gasteiger partial charge in [0.15, 0.2) is 5.82 Å². The van der Waals surface area contributed by atoms with E-state index in [-0.39, 0.29) is 17.3 Å². The van der Waals surface area contributed by atoms with Gasteiger partial charge in [-0.05, 0) is 24.1 Å². The Labute approximate surface area is 149 Å². The van der Waals surface area contributed by atoms with Crippen molar-refractivity contribution in [1.29, 1.82) is 0 Å². The lowest BCUT2D eigenvalue weighted by molar-refractivity contribution is 0.584. The summed E-state index contributed by atoms with van der Waals surface area (Å²) in [4.78, 5) is 16.3. The number of nitrogens with zero attached hydrogens (tertiary/aromatic N) is 4. The second-order valence-electron chi connectivity index (χ2n) is 6.05. The quantitative estimate of drug-likeness (QED) is 0.650. The van der Waals surface area contributed by atoms with Crippen LogP contribution in [-0.2, 0) is 0 Å². The Hall–Kier alpha value is -3.16. The second-order valence-corrected chi connectivity index (χ2v) is 6.05. The van der Waals surface area contributed by atoms with Crippen LogP contribution in [0.4, 0.5) is 26.4 Å². The third kappa shape index (κ3) is 4.47. The fraction of sp³-hybridized carbons (Fsp3) is 0.222. The van der Waals surface area contributed by atoms with Gasteiger partial charge in [-0.1, -0.05) is 26.0 Å². The fourth-order valence-electron chi connectivity index (χ4n) is 2.18. The molecule has 0 aliphatic rings. The number of pyridine rings is 1. The lowest BCUT2D eigenvalue weighted by Gasteiger charge is -2.12. The summed E-state index contributed by atoms with van der Waals surface area (Å²) in [5.41, 5.74) is 0.685. The lowest BCUT2D eigenvalue weighted by atomic mass is 10.2. The summed E-state index contributed by atoms with van der Waals surface area (Å²) >= 11 is 0. The Bertz CT molecular complexity index is 900. The van der Waals surface area contributed by atoms with Gasteiger partial charge >= 0.3 is 0 Å². The Morgan fingerprint density at radius 2 is 1.77 bits per heavy atom. The van der Waals surface area contributed by atoms with Gasteiger partial charge in [0.25, 0.3) is 0 Å². The van der Waals surface area contributed by atoms with Crippen molar-refractivity contribution < 1.29 is 8.78 Å². The zero-order valence-corrected chi connectivity index (χ0v) is 14.4. The van der Waals surface area contributed by atoms with Crippen LogP contribution in [0.25, 0.3) is 11.4 Å². The van der Waals surface area contributed by atoms with E-state index in [1.807, 2.05) is 13.8 Å². The minimum atomic E-state index is -0.628. The highest BCUT2D eigenvalue weighted by Crippen LogP contribution is 2.22. The van der Waals surface area contributed by atoms with E-state index in [9.17, 15) is 8.78 Å². The number of benzene rings is 1. The van der Waals surface area contributed by atoms with Crippen molar-refractivity contribution in [3.05, 3.63) is 54.4 Å². The summed E-state index contributed by atoms with van der Waals surface area (Å²) in [6.07, 6.45) is 1.33. The van der Waals surface area contributed by atoms with Crippen LogP contribution in [0.15, 0.2) is 42.6 Å². The molecule has 3 rings (SSSR count). The molecule has 1 aromatic carbocycles. The van der Waals surface area contributed by atoms with Gasteiger partial charge in [0.05, 0.1) is 5.56 Å². The van der Waals surface area contributed by atoms with E-state index in [2.05, 4.69) is 30.6 Å². The molecule has 0 bridgehead atoms. The number of hydrogen-bond donors (Lipinski definition) is 2. The highest BCUT2D eigenvalue weighted by molar-refractivity contribution is 5.61. The van der Waals surface area contributed by atoms with Crippen LogP contribution in [-0.4, -0.2) is 26.5 Å². The van der Waals surface area contributed by atoms with Gasteiger partial charge in [0, 0.05) is 24.5 Å². The van der Waals surface area contributed by atoms with Crippen LogP contribution in [0.5, 0.6) is 0 Å². The molecule has 0 spiro atoms. The average Bonchev–Trinajstić information content (AvgIpc) is 2.60. The van der Waals surface area contributed by atoms with E-state index in [0.717, 1.165) is 0 Å². The molecule has 0 unspecified atom stereocenters. The Morgan fingerprint density at radius 3 is 2.50 bits per heavy atom. The molecule has 0 amide bonds. The Kier molecular flexibility index (Phi) is 5.31. The molecular formula is C18H18F2N6. The maximum atomic E-state index is 14.1. The molecule has 3 aromatic rings. The highest BCUT2D eigenvalue weighted by atomic mass is 19.1. The molecule has 0 saturated heterocycles.